The zero-order chi connectivity index (χ0) is 14.5. The van der Waals surface area contributed by atoms with Crippen LogP contribution in [0.3, 0.4) is 0 Å². The maximum absolute atomic E-state index is 12.1. The smallest absolute Gasteiger partial charge is 0.388 e. The maximum atomic E-state index is 12.1. The van der Waals surface area contributed by atoms with Gasteiger partial charge in [0.05, 0.1) is 5.60 Å². The lowest BCUT2D eigenvalue weighted by Crippen LogP contribution is -2.34. The molecule has 5 nitrogen and oxygen atoms in total. The largest absolute Gasteiger partial charge is 0.448 e. The van der Waals surface area contributed by atoms with Crippen molar-refractivity contribution < 1.29 is 23.0 Å². The van der Waals surface area contributed by atoms with Crippen LogP contribution < -0.4 is 5.32 Å². The van der Waals surface area contributed by atoms with E-state index in [9.17, 15) is 18.3 Å². The fraction of sp³-hybridized carbons (Fsp3) is 0.778. The van der Waals surface area contributed by atoms with Gasteiger partial charge in [-0.2, -0.15) is 13.2 Å². The second kappa shape index (κ2) is 6.73. The van der Waals surface area contributed by atoms with Crippen molar-refractivity contribution in [3.05, 3.63) is 0 Å². The first-order valence-electron chi connectivity index (χ1n) is 5.26. The van der Waals surface area contributed by atoms with E-state index in [1.165, 1.54) is 7.11 Å². The summed E-state index contributed by atoms with van der Waals surface area (Å²) in [5.41, 5.74) is -5.40. The summed E-state index contributed by atoms with van der Waals surface area (Å²) in [5, 5.41) is 19.9. The summed E-state index contributed by atoms with van der Waals surface area (Å²) in [6, 6.07) is 0. The summed E-state index contributed by atoms with van der Waals surface area (Å²) < 4.78 is 40.9. The number of hydrogen-bond donors (Lipinski definition) is 2. The molecule has 0 fully saturated rings. The van der Waals surface area contributed by atoms with Gasteiger partial charge in [0.25, 0.3) is 0 Å². The Kier molecular flexibility index (Phi) is 5.83. The number of alkyl halides is 3. The van der Waals surface area contributed by atoms with Crippen molar-refractivity contribution >= 4 is 28.2 Å². The van der Waals surface area contributed by atoms with Crippen LogP contribution in [0, 0.1) is 0 Å². The molecular formula is C9H14F3N3O2S2. The molecule has 1 unspecified atom stereocenters. The molecule has 0 saturated heterocycles. The SMILES string of the molecule is COCCC(C)(O)CNc1nnc(SC(F)(F)F)s1. The van der Waals surface area contributed by atoms with Crippen LogP contribution in [0.2, 0.25) is 0 Å². The Morgan fingerprint density at radius 1 is 1.42 bits per heavy atom. The van der Waals surface area contributed by atoms with Gasteiger partial charge in [0.2, 0.25) is 5.13 Å². The molecule has 1 rings (SSSR count). The summed E-state index contributed by atoms with van der Waals surface area (Å²) >= 11 is 0.483. The van der Waals surface area contributed by atoms with Crippen LogP contribution in [0.5, 0.6) is 0 Å². The Morgan fingerprint density at radius 2 is 2.11 bits per heavy atom. The van der Waals surface area contributed by atoms with E-state index in [-0.39, 0.29) is 27.8 Å². The number of halogens is 3. The van der Waals surface area contributed by atoms with Gasteiger partial charge in [-0.1, -0.05) is 11.3 Å². The molecule has 0 saturated carbocycles. The highest BCUT2D eigenvalue weighted by Gasteiger charge is 2.31. The van der Waals surface area contributed by atoms with Gasteiger partial charge in [0, 0.05) is 38.4 Å². The second-order valence-electron chi connectivity index (χ2n) is 4.01. The number of ether oxygens (including phenoxy) is 1. The molecule has 0 aliphatic rings. The van der Waals surface area contributed by atoms with Gasteiger partial charge >= 0.3 is 5.51 Å². The van der Waals surface area contributed by atoms with Gasteiger partial charge in [0.15, 0.2) is 4.34 Å². The van der Waals surface area contributed by atoms with Crippen LogP contribution in [-0.4, -0.2) is 46.7 Å². The minimum atomic E-state index is -4.37. The Hall–Kier alpha value is -0.580. The number of aromatic nitrogens is 2. The maximum Gasteiger partial charge on any atom is 0.448 e. The Balaban J connectivity index is 2.46. The lowest BCUT2D eigenvalue weighted by Gasteiger charge is -2.22. The van der Waals surface area contributed by atoms with Crippen molar-refractivity contribution in [2.45, 2.75) is 28.8 Å². The fourth-order valence-corrected chi connectivity index (χ4v) is 2.54. The van der Waals surface area contributed by atoms with Gasteiger partial charge in [-0.3, -0.25) is 0 Å². The van der Waals surface area contributed by atoms with Gasteiger partial charge in [-0.25, -0.2) is 0 Å². The Morgan fingerprint density at radius 3 is 2.68 bits per heavy atom. The number of nitrogens with one attached hydrogen (secondary N) is 1. The van der Waals surface area contributed by atoms with Crippen molar-refractivity contribution in [3.8, 4) is 0 Å². The van der Waals surface area contributed by atoms with Gasteiger partial charge in [-0.15, -0.1) is 10.2 Å². The molecule has 1 aromatic rings. The summed E-state index contributed by atoms with van der Waals surface area (Å²) in [5.74, 6) is 0. The van der Waals surface area contributed by atoms with Crippen molar-refractivity contribution in [1.29, 1.82) is 0 Å². The van der Waals surface area contributed by atoms with E-state index >= 15 is 0 Å². The number of methoxy groups -OCH3 is 1. The molecule has 0 aromatic carbocycles. The quantitative estimate of drug-likeness (QED) is 0.753. The number of rotatable bonds is 7. The molecule has 0 aliphatic heterocycles. The number of aliphatic hydroxyl groups is 1. The van der Waals surface area contributed by atoms with Crippen molar-refractivity contribution in [1.82, 2.24) is 10.2 Å². The lowest BCUT2D eigenvalue weighted by molar-refractivity contribution is -0.0328. The lowest BCUT2D eigenvalue weighted by atomic mass is 10.0. The van der Waals surface area contributed by atoms with Crippen LogP contribution in [0.1, 0.15) is 13.3 Å². The molecule has 1 aromatic heterocycles. The fourth-order valence-electron chi connectivity index (χ4n) is 1.10. The average Bonchev–Trinajstić information content (AvgIpc) is 2.69. The molecule has 19 heavy (non-hydrogen) atoms. The number of hydrogen-bond acceptors (Lipinski definition) is 7. The summed E-state index contributed by atoms with van der Waals surface area (Å²) in [7, 11) is 1.52. The third-order valence-electron chi connectivity index (χ3n) is 2.07. The monoisotopic (exact) mass is 317 g/mol. The minimum Gasteiger partial charge on any atom is -0.388 e. The van der Waals surface area contributed by atoms with Crippen LogP contribution in [0.15, 0.2) is 4.34 Å². The topological polar surface area (TPSA) is 67.3 Å². The first kappa shape index (κ1) is 16.5. The van der Waals surface area contributed by atoms with E-state index in [2.05, 4.69) is 15.5 Å². The van der Waals surface area contributed by atoms with Crippen molar-refractivity contribution in [3.63, 3.8) is 0 Å². The molecule has 1 heterocycles. The first-order chi connectivity index (χ1) is 8.72. The number of nitrogens with zero attached hydrogens (tertiary/aromatic N) is 2. The highest BCUT2D eigenvalue weighted by atomic mass is 32.2. The predicted molar refractivity (Wildman–Crippen MR) is 67.4 cm³/mol. The first-order valence-corrected chi connectivity index (χ1v) is 6.89. The Bertz CT molecular complexity index is 398. The van der Waals surface area contributed by atoms with Crippen LogP contribution >= 0.6 is 23.1 Å². The normalized spacial score (nSPS) is 15.3. The number of anilines is 1. The van der Waals surface area contributed by atoms with E-state index < -0.39 is 11.1 Å². The highest BCUT2D eigenvalue weighted by molar-refractivity contribution is 8.01. The van der Waals surface area contributed by atoms with Crippen LogP contribution in [-0.2, 0) is 4.74 Å². The molecule has 0 amide bonds. The highest BCUT2D eigenvalue weighted by Crippen LogP contribution is 2.39. The van der Waals surface area contributed by atoms with Crippen molar-refractivity contribution in [2.75, 3.05) is 25.6 Å². The van der Waals surface area contributed by atoms with Gasteiger partial charge in [0.1, 0.15) is 0 Å². The molecule has 10 heteroatoms. The Labute approximate surface area is 116 Å². The summed E-state index contributed by atoms with van der Waals surface area (Å²) in [6.07, 6.45) is 0.402. The van der Waals surface area contributed by atoms with Gasteiger partial charge < -0.3 is 15.2 Å². The third-order valence-corrected chi connectivity index (χ3v) is 3.74. The zero-order valence-electron chi connectivity index (χ0n) is 10.3. The third kappa shape index (κ3) is 6.95. The van der Waals surface area contributed by atoms with Crippen LogP contribution in [0.4, 0.5) is 18.3 Å². The zero-order valence-corrected chi connectivity index (χ0v) is 12.0. The minimum absolute atomic E-state index is 0.154. The molecular weight excluding hydrogens is 303 g/mol. The molecule has 0 spiro atoms. The van der Waals surface area contributed by atoms with E-state index in [0.717, 1.165) is 11.3 Å². The molecule has 1 atom stereocenters. The molecule has 0 radical (unpaired) electrons. The van der Waals surface area contributed by atoms with E-state index in [4.69, 9.17) is 4.74 Å². The van der Waals surface area contributed by atoms with Crippen LogP contribution in [0.25, 0.3) is 0 Å². The van der Waals surface area contributed by atoms with E-state index in [1.54, 1.807) is 6.92 Å². The van der Waals surface area contributed by atoms with E-state index in [0.29, 0.717) is 13.0 Å². The number of thioether (sulfide) groups is 1. The second-order valence-corrected chi connectivity index (χ2v) is 6.30. The molecule has 110 valence electrons. The van der Waals surface area contributed by atoms with Gasteiger partial charge in [-0.05, 0) is 6.92 Å². The predicted octanol–water partition coefficient (Wildman–Crippen LogP) is 2.35. The van der Waals surface area contributed by atoms with Crippen molar-refractivity contribution in [2.24, 2.45) is 0 Å². The molecule has 0 aliphatic carbocycles. The summed E-state index contributed by atoms with van der Waals surface area (Å²) in [4.78, 5) is 0. The average molecular weight is 317 g/mol. The van der Waals surface area contributed by atoms with E-state index in [1.807, 2.05) is 0 Å². The molecule has 0 bridgehead atoms. The summed E-state index contributed by atoms with van der Waals surface area (Å²) in [6.45, 7) is 2.15. The standard InChI is InChI=1S/C9H14F3N3O2S2/c1-8(16,3-4-17-2)5-13-6-14-15-7(18-6)19-9(10,11)12/h16H,3-5H2,1-2H3,(H,13,14). The molecule has 2 N–H and O–H groups in total.